The van der Waals surface area contributed by atoms with Gasteiger partial charge in [0, 0.05) is 29.4 Å². The van der Waals surface area contributed by atoms with E-state index in [4.69, 9.17) is 9.47 Å². The van der Waals surface area contributed by atoms with Crippen LogP contribution in [-0.4, -0.2) is 51.3 Å². The van der Waals surface area contributed by atoms with Gasteiger partial charge in [0.05, 0.1) is 23.4 Å². The van der Waals surface area contributed by atoms with E-state index in [1.54, 1.807) is 26.0 Å². The third-order valence-corrected chi connectivity index (χ3v) is 12.0. The molecule has 0 aromatic carbocycles. The number of ether oxygens (including phenoxy) is 2. The van der Waals surface area contributed by atoms with E-state index >= 15 is 0 Å². The molecule has 4 unspecified atom stereocenters. The molecule has 0 radical (unpaired) electrons. The molecule has 1 fully saturated rings. The van der Waals surface area contributed by atoms with Crippen molar-refractivity contribution >= 4 is 5.97 Å². The van der Waals surface area contributed by atoms with E-state index in [-0.39, 0.29) is 23.5 Å². The van der Waals surface area contributed by atoms with Gasteiger partial charge >= 0.3 is 5.97 Å². The molecule has 0 bridgehead atoms. The minimum atomic E-state index is -1.64. The number of hydrogen-bond acceptors (Lipinski definition) is 6. The van der Waals surface area contributed by atoms with Crippen LogP contribution in [0.3, 0.4) is 0 Å². The van der Waals surface area contributed by atoms with Crippen LogP contribution in [-0.2, 0) is 14.3 Å². The zero-order valence-electron chi connectivity index (χ0n) is 37.0. The Morgan fingerprint density at radius 2 is 1.46 bits per heavy atom. The molecule has 3 N–H and O–H groups in total. The fourth-order valence-electron chi connectivity index (χ4n) is 8.73. The zero-order valence-corrected chi connectivity index (χ0v) is 37.0. The molecule has 6 nitrogen and oxygen atoms in total. The lowest BCUT2D eigenvalue weighted by Gasteiger charge is -2.54. The third-order valence-electron chi connectivity index (χ3n) is 12.0. The molecule has 3 rings (SSSR count). The van der Waals surface area contributed by atoms with E-state index in [1.807, 2.05) is 50.3 Å². The smallest absolute Gasteiger partial charge is 0.343 e. The maximum Gasteiger partial charge on any atom is 0.343 e. The van der Waals surface area contributed by atoms with Gasteiger partial charge in [-0.05, 0) is 88.8 Å². The molecule has 0 aromatic rings. The molecule has 57 heavy (non-hydrogen) atoms. The van der Waals surface area contributed by atoms with Crippen molar-refractivity contribution in [2.24, 2.45) is 10.8 Å². The number of hydrogen-bond donors (Lipinski definition) is 3. The number of allylic oxidation sites excluding steroid dienone is 11. The summed E-state index contributed by atoms with van der Waals surface area (Å²) in [4.78, 5) is 12.6. The van der Waals surface area contributed by atoms with Crippen molar-refractivity contribution in [3.63, 3.8) is 0 Å². The molecule has 6 heteroatoms. The summed E-state index contributed by atoms with van der Waals surface area (Å²) >= 11 is 0. The van der Waals surface area contributed by atoms with Crippen LogP contribution < -0.4 is 0 Å². The van der Waals surface area contributed by atoms with Gasteiger partial charge < -0.3 is 24.8 Å². The molecule has 3 aliphatic rings. The van der Waals surface area contributed by atoms with Crippen molar-refractivity contribution in [1.82, 2.24) is 0 Å². The maximum atomic E-state index is 12.6. The molecule has 2 aliphatic carbocycles. The highest BCUT2D eigenvalue weighted by atomic mass is 16.5. The molecule has 1 heterocycles. The molecule has 0 saturated heterocycles. The van der Waals surface area contributed by atoms with Gasteiger partial charge in [-0.15, -0.1) is 0 Å². The van der Waals surface area contributed by atoms with E-state index < -0.39 is 28.7 Å². The van der Waals surface area contributed by atoms with Gasteiger partial charge in [0.25, 0.3) is 0 Å². The highest BCUT2D eigenvalue weighted by molar-refractivity contribution is 5.95. The summed E-state index contributed by atoms with van der Waals surface area (Å²) in [6.07, 6.45) is 36.3. The SMILES string of the molecule is CCCCCCCCCCCCCCOC1CC(C)=C(C#CC(C)=CC=CC=CC=C(C)C=C2C=C(C=CC3(O)C(C)(C)CC(O)CC3(C)O)C(=O)O2)C(C)(C)C1. The summed E-state index contributed by atoms with van der Waals surface area (Å²) in [5.74, 6) is 6.75. The number of cyclic esters (lactones) is 1. The van der Waals surface area contributed by atoms with Gasteiger partial charge in [-0.25, -0.2) is 4.79 Å². The third kappa shape index (κ3) is 15.2. The Morgan fingerprint density at radius 3 is 2.05 bits per heavy atom. The van der Waals surface area contributed by atoms with Gasteiger partial charge in [0.2, 0.25) is 0 Å². The topological polar surface area (TPSA) is 96.2 Å². The second-order valence-electron chi connectivity index (χ2n) is 18.5. The van der Waals surface area contributed by atoms with E-state index in [9.17, 15) is 20.1 Å². The van der Waals surface area contributed by atoms with Crippen LogP contribution in [0.15, 0.2) is 94.4 Å². The highest BCUT2D eigenvalue weighted by Crippen LogP contribution is 2.50. The summed E-state index contributed by atoms with van der Waals surface area (Å²) in [5, 5.41) is 32.7. The van der Waals surface area contributed by atoms with E-state index in [2.05, 4.69) is 39.5 Å². The lowest BCUT2D eigenvalue weighted by atomic mass is 9.57. The fraction of sp³-hybridized carbons (Fsp3) is 0.627. The molecule has 4 atom stereocenters. The van der Waals surface area contributed by atoms with Gasteiger partial charge in [0.15, 0.2) is 0 Å². The molecule has 316 valence electrons. The first kappa shape index (κ1) is 48.2. The van der Waals surface area contributed by atoms with Crippen LogP contribution in [0.2, 0.25) is 0 Å². The first-order chi connectivity index (χ1) is 26.9. The Bertz CT molecular complexity index is 1620. The maximum absolute atomic E-state index is 12.6. The number of esters is 1. The number of rotatable bonds is 20. The second kappa shape index (κ2) is 22.8. The van der Waals surface area contributed by atoms with Crippen LogP contribution in [0.1, 0.15) is 165 Å². The summed E-state index contributed by atoms with van der Waals surface area (Å²) in [5.41, 5.74) is 0.711. The zero-order chi connectivity index (χ0) is 42.1. The Hall–Kier alpha value is -3.21. The lowest BCUT2D eigenvalue weighted by molar-refractivity contribution is -0.216. The minimum absolute atomic E-state index is 0.0124. The van der Waals surface area contributed by atoms with Gasteiger partial charge in [-0.2, -0.15) is 0 Å². The fourth-order valence-corrected chi connectivity index (χ4v) is 8.73. The summed E-state index contributed by atoms with van der Waals surface area (Å²) in [6, 6.07) is 0. The predicted molar refractivity (Wildman–Crippen MR) is 236 cm³/mol. The molecule has 0 spiro atoms. The first-order valence-electron chi connectivity index (χ1n) is 21.9. The number of aliphatic hydroxyl groups excluding tert-OH is 1. The highest BCUT2D eigenvalue weighted by Gasteiger charge is 2.58. The van der Waals surface area contributed by atoms with Crippen LogP contribution in [0, 0.1) is 22.7 Å². The van der Waals surface area contributed by atoms with Crippen molar-refractivity contribution in [3.8, 4) is 11.8 Å². The Kier molecular flexibility index (Phi) is 19.3. The molecule has 0 aromatic heterocycles. The van der Waals surface area contributed by atoms with Crippen molar-refractivity contribution in [2.45, 2.75) is 188 Å². The largest absolute Gasteiger partial charge is 0.423 e. The second-order valence-corrected chi connectivity index (χ2v) is 18.5. The number of carbonyl (C=O) groups is 1. The Balaban J connectivity index is 1.44. The van der Waals surface area contributed by atoms with Crippen LogP contribution >= 0.6 is 0 Å². The standard InChI is InChI=1S/C51H76O6/c1-10-11-12-13-14-15-16-17-18-19-22-25-32-56-45-34-41(4)46(48(5,6)38-45)29-28-39(2)26-23-20-21-24-27-40(3)33-44-35-42(47(53)57-44)30-31-51(55)49(7,8)36-43(52)37-50(51,9)54/h20-21,23-24,26-27,30-31,33,35,43,45,52,54-55H,10-19,22,25,32,34,36-38H2,1-9H3. The van der Waals surface area contributed by atoms with Crippen molar-refractivity contribution in [3.05, 3.63) is 94.4 Å². The lowest BCUT2D eigenvalue weighted by Crippen LogP contribution is -2.65. The van der Waals surface area contributed by atoms with Crippen LogP contribution in [0.25, 0.3) is 0 Å². The molecule has 1 saturated carbocycles. The van der Waals surface area contributed by atoms with Gasteiger partial charge in [-0.3, -0.25) is 0 Å². The average molecular weight is 785 g/mol. The Labute approximate surface area is 346 Å². The van der Waals surface area contributed by atoms with Gasteiger partial charge in [0.1, 0.15) is 11.4 Å². The van der Waals surface area contributed by atoms with Crippen molar-refractivity contribution < 1.29 is 29.6 Å². The monoisotopic (exact) mass is 785 g/mol. The van der Waals surface area contributed by atoms with E-state index in [0.29, 0.717) is 12.2 Å². The molecule has 0 amide bonds. The van der Waals surface area contributed by atoms with Crippen LogP contribution in [0.4, 0.5) is 0 Å². The quantitative estimate of drug-likeness (QED) is 0.0492. The average Bonchev–Trinajstić information content (AvgIpc) is 3.46. The Morgan fingerprint density at radius 1 is 0.860 bits per heavy atom. The summed E-state index contributed by atoms with van der Waals surface area (Å²) in [6.45, 7) is 19.0. The van der Waals surface area contributed by atoms with Gasteiger partial charge in [-0.1, -0.05) is 159 Å². The van der Waals surface area contributed by atoms with Crippen molar-refractivity contribution in [2.75, 3.05) is 6.61 Å². The normalized spacial score (nSPS) is 27.5. The summed E-state index contributed by atoms with van der Waals surface area (Å²) in [7, 11) is 0. The number of unbranched alkanes of at least 4 members (excludes halogenated alkanes) is 11. The molecular weight excluding hydrogens is 709 g/mol. The number of aliphatic hydroxyl groups is 3. The number of carbonyl (C=O) groups excluding carboxylic acids is 1. The minimum Gasteiger partial charge on any atom is -0.423 e. The van der Waals surface area contributed by atoms with E-state index in [1.165, 1.54) is 101 Å². The molecule has 1 aliphatic heterocycles. The molecular formula is C51H76O6. The van der Waals surface area contributed by atoms with Crippen LogP contribution in [0.5, 0.6) is 0 Å². The summed E-state index contributed by atoms with van der Waals surface area (Å²) < 4.78 is 11.8. The van der Waals surface area contributed by atoms with Crippen molar-refractivity contribution in [1.29, 1.82) is 0 Å². The first-order valence-corrected chi connectivity index (χ1v) is 21.9. The van der Waals surface area contributed by atoms with E-state index in [0.717, 1.165) is 37.0 Å². The predicted octanol–water partition coefficient (Wildman–Crippen LogP) is 11.8.